The van der Waals surface area contributed by atoms with E-state index in [1.54, 1.807) is 13.3 Å². The predicted molar refractivity (Wildman–Crippen MR) is 102 cm³/mol. The van der Waals surface area contributed by atoms with Crippen LogP contribution in [0.25, 0.3) is 10.9 Å². The molecule has 0 radical (unpaired) electrons. The fourth-order valence-corrected chi connectivity index (χ4v) is 2.71. The molecule has 130 valence electrons. The van der Waals surface area contributed by atoms with Gasteiger partial charge in [-0.1, -0.05) is 0 Å². The summed E-state index contributed by atoms with van der Waals surface area (Å²) in [5.74, 6) is 0.598. The summed E-state index contributed by atoms with van der Waals surface area (Å²) in [6, 6.07) is 13.3. The van der Waals surface area contributed by atoms with Gasteiger partial charge in [0.05, 0.1) is 23.9 Å². The zero-order valence-corrected chi connectivity index (χ0v) is 14.8. The molecule has 0 aliphatic rings. The molecule has 2 aromatic carbocycles. The minimum Gasteiger partial charge on any atom is -0.497 e. The van der Waals surface area contributed by atoms with Crippen molar-refractivity contribution in [1.82, 2.24) is 4.98 Å². The first-order chi connectivity index (χ1) is 12.5. The Bertz CT molecular complexity index is 1020. The molecule has 0 saturated carbocycles. The largest absolute Gasteiger partial charge is 0.497 e. The van der Waals surface area contributed by atoms with Gasteiger partial charge in [0.25, 0.3) is 0 Å². The number of aryl methyl sites for hydroxylation is 1. The number of rotatable bonds is 4. The number of aromatic nitrogens is 1. The Morgan fingerprint density at radius 1 is 1.23 bits per heavy atom. The first kappa shape index (κ1) is 17.2. The number of hydrogen-bond donors (Lipinski definition) is 2. The highest BCUT2D eigenvalue weighted by molar-refractivity contribution is 6.00. The highest BCUT2D eigenvalue weighted by Gasteiger charge is 2.12. The third-order valence-corrected chi connectivity index (χ3v) is 4.00. The SMILES string of the molecule is COc1ccc(Nc2c(C#N)cnc3cc(C)c(NC(C)=O)cc23)cc1. The van der Waals surface area contributed by atoms with Gasteiger partial charge in [0.1, 0.15) is 11.8 Å². The standard InChI is InChI=1S/C20H18N4O2/c1-12-8-19-17(9-18(12)23-13(2)25)20(14(10-21)11-22-19)24-15-4-6-16(26-3)7-5-15/h4-9,11H,1-3H3,(H,22,24)(H,23,25). The van der Waals surface area contributed by atoms with E-state index in [0.29, 0.717) is 16.9 Å². The maximum absolute atomic E-state index is 11.5. The molecule has 3 rings (SSSR count). The molecule has 6 nitrogen and oxygen atoms in total. The Balaban J connectivity index is 2.13. The Morgan fingerprint density at radius 2 is 1.96 bits per heavy atom. The van der Waals surface area contributed by atoms with Crippen LogP contribution in [0.15, 0.2) is 42.6 Å². The van der Waals surface area contributed by atoms with Gasteiger partial charge in [-0.3, -0.25) is 9.78 Å². The van der Waals surface area contributed by atoms with E-state index in [1.807, 2.05) is 43.3 Å². The van der Waals surface area contributed by atoms with Gasteiger partial charge in [-0.25, -0.2) is 0 Å². The van der Waals surface area contributed by atoms with Gasteiger partial charge in [-0.2, -0.15) is 5.26 Å². The first-order valence-corrected chi connectivity index (χ1v) is 8.04. The summed E-state index contributed by atoms with van der Waals surface area (Å²) in [5.41, 5.74) is 4.23. The molecule has 0 atom stereocenters. The minimum absolute atomic E-state index is 0.151. The molecule has 0 saturated heterocycles. The van der Waals surface area contributed by atoms with Crippen molar-refractivity contribution in [2.45, 2.75) is 13.8 Å². The Hall–Kier alpha value is -3.59. The molecule has 26 heavy (non-hydrogen) atoms. The van der Waals surface area contributed by atoms with Gasteiger partial charge in [0, 0.05) is 29.9 Å². The number of nitrogens with one attached hydrogen (secondary N) is 2. The average Bonchev–Trinajstić information content (AvgIpc) is 2.63. The molecule has 0 spiro atoms. The van der Waals surface area contributed by atoms with Crippen molar-refractivity contribution < 1.29 is 9.53 Å². The summed E-state index contributed by atoms with van der Waals surface area (Å²) in [5, 5.41) is 16.3. The topological polar surface area (TPSA) is 87.0 Å². The van der Waals surface area contributed by atoms with Crippen LogP contribution in [0.4, 0.5) is 17.1 Å². The highest BCUT2D eigenvalue weighted by Crippen LogP contribution is 2.32. The predicted octanol–water partition coefficient (Wildman–Crippen LogP) is 4.13. The van der Waals surface area contributed by atoms with Crippen LogP contribution >= 0.6 is 0 Å². The zero-order valence-electron chi connectivity index (χ0n) is 14.8. The summed E-state index contributed by atoms with van der Waals surface area (Å²) in [7, 11) is 1.61. The number of methoxy groups -OCH3 is 1. The monoisotopic (exact) mass is 346 g/mol. The molecule has 0 aliphatic carbocycles. The molecule has 3 aromatic rings. The number of nitriles is 1. The van der Waals surface area contributed by atoms with Crippen LogP contribution in [0.1, 0.15) is 18.1 Å². The van der Waals surface area contributed by atoms with Gasteiger partial charge >= 0.3 is 0 Å². The van der Waals surface area contributed by atoms with Crippen LogP contribution in [-0.4, -0.2) is 18.0 Å². The van der Waals surface area contributed by atoms with E-state index in [-0.39, 0.29) is 5.91 Å². The lowest BCUT2D eigenvalue weighted by molar-refractivity contribution is -0.114. The Kier molecular flexibility index (Phi) is 4.72. The molecular weight excluding hydrogens is 328 g/mol. The van der Waals surface area contributed by atoms with Crippen LogP contribution in [0.2, 0.25) is 0 Å². The second-order valence-corrected chi connectivity index (χ2v) is 5.88. The number of ether oxygens (including phenoxy) is 1. The molecular formula is C20H18N4O2. The number of benzene rings is 2. The number of fused-ring (bicyclic) bond motifs is 1. The molecule has 1 heterocycles. The number of carbonyl (C=O) groups excluding carboxylic acids is 1. The average molecular weight is 346 g/mol. The van der Waals surface area contributed by atoms with Crippen LogP contribution in [0, 0.1) is 18.3 Å². The van der Waals surface area contributed by atoms with Crippen molar-refractivity contribution in [2.75, 3.05) is 17.7 Å². The number of carbonyl (C=O) groups is 1. The summed E-state index contributed by atoms with van der Waals surface area (Å²) in [6.07, 6.45) is 1.55. The number of amides is 1. The summed E-state index contributed by atoms with van der Waals surface area (Å²) >= 11 is 0. The first-order valence-electron chi connectivity index (χ1n) is 8.04. The number of hydrogen-bond acceptors (Lipinski definition) is 5. The van der Waals surface area contributed by atoms with E-state index < -0.39 is 0 Å². The van der Waals surface area contributed by atoms with E-state index in [1.165, 1.54) is 6.92 Å². The second kappa shape index (κ2) is 7.11. The minimum atomic E-state index is -0.151. The van der Waals surface area contributed by atoms with Crippen LogP contribution in [-0.2, 0) is 4.79 Å². The fourth-order valence-electron chi connectivity index (χ4n) is 2.71. The number of anilines is 3. The maximum Gasteiger partial charge on any atom is 0.221 e. The normalized spacial score (nSPS) is 10.2. The van der Waals surface area contributed by atoms with Crippen LogP contribution < -0.4 is 15.4 Å². The molecule has 1 amide bonds. The van der Waals surface area contributed by atoms with Crippen LogP contribution in [0.3, 0.4) is 0 Å². The van der Waals surface area contributed by atoms with Crippen molar-refractivity contribution in [3.8, 4) is 11.8 Å². The van der Waals surface area contributed by atoms with Gasteiger partial charge in [-0.15, -0.1) is 0 Å². The van der Waals surface area contributed by atoms with Gasteiger partial charge in [0.2, 0.25) is 5.91 Å². The molecule has 0 aliphatic heterocycles. The van der Waals surface area contributed by atoms with Crippen molar-refractivity contribution in [3.63, 3.8) is 0 Å². The quantitative estimate of drug-likeness (QED) is 0.742. The lowest BCUT2D eigenvalue weighted by atomic mass is 10.1. The van der Waals surface area contributed by atoms with Crippen molar-refractivity contribution in [1.29, 1.82) is 5.26 Å². The summed E-state index contributed by atoms with van der Waals surface area (Å²) in [4.78, 5) is 15.8. The van der Waals surface area contributed by atoms with E-state index >= 15 is 0 Å². The van der Waals surface area contributed by atoms with E-state index in [9.17, 15) is 10.1 Å². The molecule has 0 bridgehead atoms. The van der Waals surface area contributed by atoms with Gasteiger partial charge < -0.3 is 15.4 Å². The summed E-state index contributed by atoms with van der Waals surface area (Å²) in [6.45, 7) is 3.37. The summed E-state index contributed by atoms with van der Waals surface area (Å²) < 4.78 is 5.17. The van der Waals surface area contributed by atoms with E-state index in [4.69, 9.17) is 4.74 Å². The fraction of sp³-hybridized carbons (Fsp3) is 0.150. The van der Waals surface area contributed by atoms with Crippen LogP contribution in [0.5, 0.6) is 5.75 Å². The van der Waals surface area contributed by atoms with E-state index in [0.717, 1.165) is 27.9 Å². The van der Waals surface area contributed by atoms with E-state index in [2.05, 4.69) is 21.7 Å². The third-order valence-electron chi connectivity index (χ3n) is 4.00. The molecule has 0 unspecified atom stereocenters. The zero-order chi connectivity index (χ0) is 18.7. The number of pyridine rings is 1. The second-order valence-electron chi connectivity index (χ2n) is 5.88. The lowest BCUT2D eigenvalue weighted by Crippen LogP contribution is -2.07. The van der Waals surface area contributed by atoms with Gasteiger partial charge in [0.15, 0.2) is 0 Å². The molecule has 2 N–H and O–H groups in total. The smallest absolute Gasteiger partial charge is 0.221 e. The Labute approximate surface area is 151 Å². The highest BCUT2D eigenvalue weighted by atomic mass is 16.5. The molecule has 6 heteroatoms. The van der Waals surface area contributed by atoms with Crippen molar-refractivity contribution in [2.24, 2.45) is 0 Å². The molecule has 1 aromatic heterocycles. The third kappa shape index (κ3) is 3.42. The number of nitrogens with zero attached hydrogens (tertiary/aromatic N) is 2. The van der Waals surface area contributed by atoms with Gasteiger partial charge in [-0.05, 0) is 48.9 Å². The lowest BCUT2D eigenvalue weighted by Gasteiger charge is -2.14. The molecule has 0 fully saturated rings. The Morgan fingerprint density at radius 3 is 2.58 bits per heavy atom. The van der Waals surface area contributed by atoms with Crippen molar-refractivity contribution in [3.05, 3.63) is 53.7 Å². The maximum atomic E-state index is 11.5. The van der Waals surface area contributed by atoms with Crippen molar-refractivity contribution >= 4 is 33.9 Å².